The third-order valence-corrected chi connectivity index (χ3v) is 2.16. The summed E-state index contributed by atoms with van der Waals surface area (Å²) in [5.74, 6) is 0.526. The average Bonchev–Trinajstić information content (AvgIpc) is 2.43. The molecule has 0 saturated carbocycles. The van der Waals surface area contributed by atoms with Crippen LogP contribution in [0.5, 0.6) is 5.88 Å². The zero-order valence-electron chi connectivity index (χ0n) is 7.57. The fourth-order valence-electron chi connectivity index (χ4n) is 1.43. The van der Waals surface area contributed by atoms with Gasteiger partial charge in [0, 0.05) is 31.4 Å². The minimum absolute atomic E-state index is 0.0377. The Balaban J connectivity index is 2.48. The van der Waals surface area contributed by atoms with Crippen LogP contribution in [0, 0.1) is 0 Å². The molecule has 2 rings (SSSR count). The molecule has 13 heavy (non-hydrogen) atoms. The molecule has 0 unspecified atom stereocenters. The van der Waals surface area contributed by atoms with E-state index in [4.69, 9.17) is 4.74 Å². The molecule has 0 saturated heterocycles. The lowest BCUT2D eigenvalue weighted by molar-refractivity contribution is 0.0816. The topological polar surface area (TPSA) is 42.4 Å². The van der Waals surface area contributed by atoms with Crippen LogP contribution in [0.25, 0.3) is 0 Å². The van der Waals surface area contributed by atoms with Gasteiger partial charge in [-0.15, -0.1) is 0 Å². The van der Waals surface area contributed by atoms with E-state index in [1.54, 1.807) is 24.2 Å². The van der Waals surface area contributed by atoms with E-state index in [0.717, 1.165) is 5.56 Å². The second-order valence-electron chi connectivity index (χ2n) is 3.05. The first-order valence-corrected chi connectivity index (χ1v) is 4.00. The Bertz CT molecular complexity index is 363. The molecule has 4 heteroatoms. The van der Waals surface area contributed by atoms with Gasteiger partial charge in [0.15, 0.2) is 0 Å². The van der Waals surface area contributed by atoms with Gasteiger partial charge in [0.05, 0.1) is 12.7 Å². The van der Waals surface area contributed by atoms with Gasteiger partial charge in [-0.05, 0) is 0 Å². The number of methoxy groups -OCH3 is 1. The molecule has 1 aromatic rings. The fraction of sp³-hybridized carbons (Fsp3) is 0.333. The molecule has 1 aromatic heterocycles. The molecule has 0 atom stereocenters. The van der Waals surface area contributed by atoms with Crippen LogP contribution in [-0.2, 0) is 6.54 Å². The number of nitrogens with zero attached hydrogens (tertiary/aromatic N) is 2. The molecule has 1 aliphatic rings. The highest BCUT2D eigenvalue weighted by molar-refractivity contribution is 5.98. The van der Waals surface area contributed by atoms with Crippen molar-refractivity contribution in [1.82, 2.24) is 9.88 Å². The lowest BCUT2D eigenvalue weighted by Gasteiger charge is -2.04. The van der Waals surface area contributed by atoms with Crippen LogP contribution in [-0.4, -0.2) is 29.9 Å². The number of fused-ring (bicyclic) bond motifs is 1. The Morgan fingerprint density at radius 1 is 1.62 bits per heavy atom. The molecule has 0 radical (unpaired) electrons. The van der Waals surface area contributed by atoms with Crippen molar-refractivity contribution >= 4 is 5.91 Å². The Hall–Kier alpha value is -1.58. The fourth-order valence-corrected chi connectivity index (χ4v) is 1.43. The summed E-state index contributed by atoms with van der Waals surface area (Å²) >= 11 is 0. The first-order chi connectivity index (χ1) is 6.22. The Morgan fingerprint density at radius 2 is 2.38 bits per heavy atom. The van der Waals surface area contributed by atoms with Crippen LogP contribution < -0.4 is 4.74 Å². The molecule has 0 bridgehead atoms. The molecule has 0 aromatic carbocycles. The maximum atomic E-state index is 11.5. The van der Waals surface area contributed by atoms with E-state index in [-0.39, 0.29) is 5.91 Å². The maximum Gasteiger partial charge on any atom is 0.254 e. The van der Waals surface area contributed by atoms with E-state index in [2.05, 4.69) is 4.98 Å². The summed E-state index contributed by atoms with van der Waals surface area (Å²) in [6.07, 6.45) is 1.69. The SMILES string of the molecule is COc1cc2c(cn1)CN(C)C2=O. The summed E-state index contributed by atoms with van der Waals surface area (Å²) < 4.78 is 4.94. The number of hydrogen-bond acceptors (Lipinski definition) is 3. The van der Waals surface area contributed by atoms with Crippen molar-refractivity contribution in [3.63, 3.8) is 0 Å². The minimum atomic E-state index is 0.0377. The Morgan fingerprint density at radius 3 is 3.08 bits per heavy atom. The Labute approximate surface area is 76.1 Å². The van der Waals surface area contributed by atoms with Gasteiger partial charge in [0.2, 0.25) is 5.88 Å². The van der Waals surface area contributed by atoms with Crippen LogP contribution in [0.3, 0.4) is 0 Å². The molecule has 4 nitrogen and oxygen atoms in total. The predicted molar refractivity (Wildman–Crippen MR) is 46.6 cm³/mol. The zero-order chi connectivity index (χ0) is 9.42. The van der Waals surface area contributed by atoms with Crippen LogP contribution >= 0.6 is 0 Å². The van der Waals surface area contributed by atoms with Crippen molar-refractivity contribution in [3.8, 4) is 5.88 Å². The quantitative estimate of drug-likeness (QED) is 0.635. The number of ether oxygens (including phenoxy) is 1. The number of amides is 1. The maximum absolute atomic E-state index is 11.5. The second-order valence-corrected chi connectivity index (χ2v) is 3.05. The average molecular weight is 178 g/mol. The van der Waals surface area contributed by atoms with Crippen LogP contribution in [0.1, 0.15) is 15.9 Å². The standard InChI is InChI=1S/C9H10N2O2/c1-11-5-6-4-10-8(13-2)3-7(6)9(11)12/h3-4H,5H2,1-2H3. The van der Waals surface area contributed by atoms with Gasteiger partial charge in [-0.1, -0.05) is 0 Å². The van der Waals surface area contributed by atoms with E-state index in [0.29, 0.717) is 18.0 Å². The summed E-state index contributed by atoms with van der Waals surface area (Å²) in [5.41, 5.74) is 1.67. The van der Waals surface area contributed by atoms with Crippen LogP contribution in [0.15, 0.2) is 12.3 Å². The number of carbonyl (C=O) groups is 1. The molecule has 0 N–H and O–H groups in total. The van der Waals surface area contributed by atoms with Crippen LogP contribution in [0.2, 0.25) is 0 Å². The van der Waals surface area contributed by atoms with Crippen molar-refractivity contribution in [2.24, 2.45) is 0 Å². The number of aromatic nitrogens is 1. The summed E-state index contributed by atoms with van der Waals surface area (Å²) in [6.45, 7) is 0.644. The van der Waals surface area contributed by atoms with Crippen molar-refractivity contribution in [2.75, 3.05) is 14.2 Å². The molecular formula is C9H10N2O2. The first-order valence-electron chi connectivity index (χ1n) is 4.00. The first kappa shape index (κ1) is 8.04. The largest absolute Gasteiger partial charge is 0.481 e. The van der Waals surface area contributed by atoms with E-state index >= 15 is 0 Å². The number of hydrogen-bond donors (Lipinski definition) is 0. The molecule has 0 spiro atoms. The minimum Gasteiger partial charge on any atom is -0.481 e. The highest BCUT2D eigenvalue weighted by Crippen LogP contribution is 2.23. The van der Waals surface area contributed by atoms with Crippen molar-refractivity contribution in [1.29, 1.82) is 0 Å². The zero-order valence-corrected chi connectivity index (χ0v) is 7.57. The van der Waals surface area contributed by atoms with Gasteiger partial charge in [-0.3, -0.25) is 4.79 Å². The molecule has 1 amide bonds. The summed E-state index contributed by atoms with van der Waals surface area (Å²) in [4.78, 5) is 17.2. The van der Waals surface area contributed by atoms with E-state index < -0.39 is 0 Å². The van der Waals surface area contributed by atoms with Gasteiger partial charge in [0.1, 0.15) is 0 Å². The van der Waals surface area contributed by atoms with Gasteiger partial charge in [-0.2, -0.15) is 0 Å². The van der Waals surface area contributed by atoms with E-state index in [9.17, 15) is 4.79 Å². The summed E-state index contributed by atoms with van der Waals surface area (Å²) in [6, 6.07) is 1.68. The normalized spacial score (nSPS) is 14.6. The number of rotatable bonds is 1. The molecule has 0 fully saturated rings. The highest BCUT2D eigenvalue weighted by atomic mass is 16.5. The third-order valence-electron chi connectivity index (χ3n) is 2.16. The molecule has 2 heterocycles. The smallest absolute Gasteiger partial charge is 0.254 e. The van der Waals surface area contributed by atoms with Gasteiger partial charge in [-0.25, -0.2) is 4.98 Å². The number of carbonyl (C=O) groups excluding carboxylic acids is 1. The van der Waals surface area contributed by atoms with Crippen LogP contribution in [0.4, 0.5) is 0 Å². The van der Waals surface area contributed by atoms with E-state index in [1.807, 2.05) is 0 Å². The van der Waals surface area contributed by atoms with Gasteiger partial charge in [0.25, 0.3) is 5.91 Å². The van der Waals surface area contributed by atoms with Crippen molar-refractivity contribution in [2.45, 2.75) is 6.54 Å². The van der Waals surface area contributed by atoms with Crippen molar-refractivity contribution in [3.05, 3.63) is 23.4 Å². The van der Waals surface area contributed by atoms with Crippen molar-refractivity contribution < 1.29 is 9.53 Å². The Kier molecular flexibility index (Phi) is 1.69. The molecular weight excluding hydrogens is 168 g/mol. The molecule has 1 aliphatic heterocycles. The molecule has 0 aliphatic carbocycles. The predicted octanol–water partition coefficient (Wildman–Crippen LogP) is 0.676. The lowest BCUT2D eigenvalue weighted by Crippen LogP contribution is -2.17. The molecule has 68 valence electrons. The number of pyridine rings is 1. The lowest BCUT2D eigenvalue weighted by atomic mass is 10.2. The third kappa shape index (κ3) is 1.14. The second kappa shape index (κ2) is 2.73. The highest BCUT2D eigenvalue weighted by Gasteiger charge is 2.24. The monoisotopic (exact) mass is 178 g/mol. The van der Waals surface area contributed by atoms with E-state index in [1.165, 1.54) is 7.11 Å². The van der Waals surface area contributed by atoms with Gasteiger partial charge >= 0.3 is 0 Å². The summed E-state index contributed by atoms with van der Waals surface area (Å²) in [5, 5.41) is 0. The summed E-state index contributed by atoms with van der Waals surface area (Å²) in [7, 11) is 3.31. The van der Waals surface area contributed by atoms with Gasteiger partial charge < -0.3 is 9.64 Å².